The summed E-state index contributed by atoms with van der Waals surface area (Å²) in [4.78, 5) is 9.74. The fourth-order valence-corrected chi connectivity index (χ4v) is 13.7. The summed E-state index contributed by atoms with van der Waals surface area (Å²) in [5, 5.41) is 5.26. The van der Waals surface area contributed by atoms with Crippen molar-refractivity contribution >= 4 is 32.8 Å². The van der Waals surface area contributed by atoms with Gasteiger partial charge in [0, 0.05) is 89.2 Å². The topological polar surface area (TPSA) is 50.6 Å². The highest BCUT2D eigenvalue weighted by atomic mass is 32.3. The first kappa shape index (κ1) is 28.4. The second-order valence-electron chi connectivity index (χ2n) is 12.3. The van der Waals surface area contributed by atoms with Gasteiger partial charge in [-0.15, -0.1) is 0 Å². The maximum Gasteiger partial charge on any atom is 0.143 e. The van der Waals surface area contributed by atoms with Crippen molar-refractivity contribution in [1.82, 2.24) is 23.7 Å². The Labute approximate surface area is 262 Å². The lowest BCUT2D eigenvalue weighted by atomic mass is 10.1. The third kappa shape index (κ3) is 4.84. The normalized spacial score (nSPS) is 29.3. The molecular weight excluding hydrogens is 577 g/mol. The van der Waals surface area contributed by atoms with Crippen LogP contribution in [-0.2, 0) is 11.2 Å². The zero-order chi connectivity index (χ0) is 28.6. The number of piperidine rings is 1. The van der Waals surface area contributed by atoms with Crippen molar-refractivity contribution in [3.05, 3.63) is 70.4 Å². The first-order chi connectivity index (χ1) is 21.4. The molecule has 6 aliphatic rings. The van der Waals surface area contributed by atoms with Crippen LogP contribution in [0.4, 0.5) is 5.69 Å². The molecule has 0 amide bonds. The Morgan fingerprint density at radius 3 is 2.26 bits per heavy atom. The largest absolute Gasteiger partial charge is 0.464 e. The average molecular weight is 623 g/mol. The molecule has 0 spiro atoms. The molecule has 0 aliphatic carbocycles. The van der Waals surface area contributed by atoms with E-state index in [-0.39, 0.29) is 0 Å². The number of morpholine rings is 1. The fourth-order valence-electron chi connectivity index (χ4n) is 7.94. The van der Waals surface area contributed by atoms with Gasteiger partial charge in [0.1, 0.15) is 10.8 Å². The molecule has 43 heavy (non-hydrogen) atoms. The van der Waals surface area contributed by atoms with Gasteiger partial charge >= 0.3 is 0 Å². The van der Waals surface area contributed by atoms with E-state index in [9.17, 15) is 0 Å². The minimum Gasteiger partial charge on any atom is -0.464 e. The third-order valence-corrected chi connectivity index (χ3v) is 15.0. The predicted octanol–water partition coefficient (Wildman–Crippen LogP) is 4.60. The van der Waals surface area contributed by atoms with E-state index in [4.69, 9.17) is 9.15 Å². The lowest BCUT2D eigenvalue weighted by molar-refractivity contribution is 0.0734. The van der Waals surface area contributed by atoms with E-state index in [0.29, 0.717) is 0 Å². The van der Waals surface area contributed by atoms with Crippen molar-refractivity contribution in [3.8, 4) is 0 Å². The summed E-state index contributed by atoms with van der Waals surface area (Å²) in [6.45, 7) is 13.1. The Hall–Kier alpha value is -2.08. The molecule has 1 aromatic heterocycles. The van der Waals surface area contributed by atoms with Crippen LogP contribution in [0, 0.1) is 0 Å². The number of fused-ring (bicyclic) bond motifs is 1. The van der Waals surface area contributed by atoms with Crippen LogP contribution < -0.4 is 10.2 Å². The summed E-state index contributed by atoms with van der Waals surface area (Å²) < 4.78 is 18.5. The number of furan rings is 1. The van der Waals surface area contributed by atoms with E-state index in [0.717, 1.165) is 97.4 Å². The van der Waals surface area contributed by atoms with Crippen molar-refractivity contribution in [2.24, 2.45) is 0 Å². The third-order valence-electron chi connectivity index (χ3n) is 9.86. The number of nitrogens with zero attached hydrogens (tertiary/aromatic N) is 5. The Morgan fingerprint density at radius 1 is 0.721 bits per heavy atom. The van der Waals surface area contributed by atoms with Crippen molar-refractivity contribution in [1.29, 1.82) is 0 Å². The van der Waals surface area contributed by atoms with E-state index < -0.39 is 10.4 Å². The van der Waals surface area contributed by atoms with Crippen molar-refractivity contribution in [3.63, 3.8) is 0 Å². The number of hydrogen-bond donors (Lipinski definition) is 1. The molecule has 10 heteroatoms. The minimum absolute atomic E-state index is 0.794. The second-order valence-corrected chi connectivity index (χ2v) is 16.4. The molecule has 232 valence electrons. The minimum atomic E-state index is -1.79. The van der Waals surface area contributed by atoms with Crippen LogP contribution in [0.3, 0.4) is 0 Å². The number of ether oxygens (including phenoxy) is 1. The molecule has 7 heterocycles. The Bertz CT molecular complexity index is 1320. The Morgan fingerprint density at radius 2 is 1.49 bits per heavy atom. The molecule has 1 N–H and O–H groups in total. The van der Waals surface area contributed by atoms with Gasteiger partial charge < -0.3 is 29.2 Å². The first-order valence-corrected chi connectivity index (χ1v) is 19.2. The van der Waals surface area contributed by atoms with E-state index in [2.05, 4.69) is 76.8 Å². The quantitative estimate of drug-likeness (QED) is 0.498. The summed E-state index contributed by atoms with van der Waals surface area (Å²) in [7, 11) is -1.79. The van der Waals surface area contributed by atoms with Gasteiger partial charge in [-0.05, 0) is 53.4 Å². The molecule has 4 saturated heterocycles. The molecule has 1 unspecified atom stereocenters. The van der Waals surface area contributed by atoms with Gasteiger partial charge in [-0.3, -0.25) is 0 Å². The molecule has 8 nitrogen and oxygen atoms in total. The highest BCUT2D eigenvalue weighted by Gasteiger charge is 2.57. The van der Waals surface area contributed by atoms with Crippen LogP contribution in [0.5, 0.6) is 0 Å². The molecule has 2 aromatic rings. The van der Waals surface area contributed by atoms with Crippen molar-refractivity contribution in [2.45, 2.75) is 25.7 Å². The summed E-state index contributed by atoms with van der Waals surface area (Å²) in [5.74, 6) is 3.43. The van der Waals surface area contributed by atoms with Crippen molar-refractivity contribution in [2.75, 3.05) is 102 Å². The van der Waals surface area contributed by atoms with Crippen LogP contribution in [0.1, 0.15) is 30.6 Å². The number of nitrogens with one attached hydrogen (secondary N) is 1. The number of piperazine rings is 1. The SMILES string of the molecule is c1coc(C2=C(N3CCc4ccccc43)C(N3CCNCC3)=C(N3CCSCC3)S2(N2CCCCC2)N2CCOCC2)c1. The molecule has 0 saturated carbocycles. The van der Waals surface area contributed by atoms with Crippen LogP contribution >= 0.6 is 22.2 Å². The molecule has 1 aromatic carbocycles. The van der Waals surface area contributed by atoms with Gasteiger partial charge in [0.15, 0.2) is 0 Å². The smallest absolute Gasteiger partial charge is 0.143 e. The molecule has 8 rings (SSSR count). The average Bonchev–Trinajstić information content (AvgIpc) is 3.83. The molecule has 4 fully saturated rings. The summed E-state index contributed by atoms with van der Waals surface area (Å²) in [5.41, 5.74) is 5.74. The molecular formula is C33H46N6O2S2. The monoisotopic (exact) mass is 622 g/mol. The number of benzene rings is 1. The van der Waals surface area contributed by atoms with E-state index >= 15 is 0 Å². The zero-order valence-electron chi connectivity index (χ0n) is 25.3. The molecule has 6 aliphatic heterocycles. The summed E-state index contributed by atoms with van der Waals surface area (Å²) in [6.07, 6.45) is 6.83. The number of hydrogen-bond acceptors (Lipinski definition) is 9. The number of para-hydroxylation sites is 1. The van der Waals surface area contributed by atoms with E-state index in [1.165, 1.54) is 58.3 Å². The number of anilines is 1. The van der Waals surface area contributed by atoms with Gasteiger partial charge in [-0.25, -0.2) is 8.61 Å². The van der Waals surface area contributed by atoms with E-state index in [1.54, 1.807) is 5.03 Å². The van der Waals surface area contributed by atoms with Gasteiger partial charge in [0.2, 0.25) is 0 Å². The maximum atomic E-state index is 6.58. The molecule has 0 radical (unpaired) electrons. The van der Waals surface area contributed by atoms with Gasteiger partial charge in [0.05, 0.1) is 35.8 Å². The zero-order valence-corrected chi connectivity index (χ0v) is 27.0. The maximum absolute atomic E-state index is 6.58. The van der Waals surface area contributed by atoms with Crippen LogP contribution in [0.2, 0.25) is 0 Å². The van der Waals surface area contributed by atoms with Gasteiger partial charge in [-0.1, -0.05) is 24.6 Å². The predicted molar refractivity (Wildman–Crippen MR) is 179 cm³/mol. The van der Waals surface area contributed by atoms with Crippen molar-refractivity contribution < 1.29 is 9.15 Å². The summed E-state index contributed by atoms with van der Waals surface area (Å²) >= 11 is 2.11. The lowest BCUT2D eigenvalue weighted by Gasteiger charge is -2.59. The Kier molecular flexibility index (Phi) is 8.17. The van der Waals surface area contributed by atoms with E-state index in [1.807, 2.05) is 6.26 Å². The van der Waals surface area contributed by atoms with Gasteiger partial charge in [0.25, 0.3) is 0 Å². The first-order valence-electron chi connectivity index (χ1n) is 16.5. The number of rotatable bonds is 6. The molecule has 1 atom stereocenters. The standard InChI is InChI=1S/C33H46N6O2S2/c1-4-13-37(14-5-1)43(38-18-23-40-24-19-38)32(29-9-6-22-41-29)30(39-15-10-27-7-2-3-8-28(27)39)31(35-16-11-34-12-17-35)33(43)36-20-25-42-26-21-36/h2-3,6-9,22,34H,1,4-5,10-21,23-26H2. The van der Waals surface area contributed by atoms with Gasteiger partial charge in [-0.2, -0.15) is 11.8 Å². The number of thioether (sulfide) groups is 1. The van der Waals surface area contributed by atoms with Crippen LogP contribution in [-0.4, -0.2) is 115 Å². The lowest BCUT2D eigenvalue weighted by Crippen LogP contribution is -2.51. The molecule has 0 bridgehead atoms. The van der Waals surface area contributed by atoms with Crippen LogP contribution in [0.15, 0.2) is 63.5 Å². The summed E-state index contributed by atoms with van der Waals surface area (Å²) in [6, 6.07) is 13.5. The van der Waals surface area contributed by atoms with Crippen LogP contribution in [0.25, 0.3) is 4.91 Å². The second kappa shape index (κ2) is 12.4. The fraction of sp³-hybridized carbons (Fsp3) is 0.576. The highest BCUT2D eigenvalue weighted by molar-refractivity contribution is 8.40. The highest BCUT2D eigenvalue weighted by Crippen LogP contribution is 2.77. The Balaban J connectivity index is 1.46.